The summed E-state index contributed by atoms with van der Waals surface area (Å²) in [6.45, 7) is 4.39. The fourth-order valence-electron chi connectivity index (χ4n) is 2.76. The molecule has 4 heteroatoms. The molecular weight excluding hydrogens is 264 g/mol. The summed E-state index contributed by atoms with van der Waals surface area (Å²) < 4.78 is 10.5. The number of aromatic nitrogens is 1. The third kappa shape index (κ3) is 3.38. The van der Waals surface area contributed by atoms with Gasteiger partial charge in [0.05, 0.1) is 18.4 Å². The maximum absolute atomic E-state index is 6.01. The highest BCUT2D eigenvalue weighted by Crippen LogP contribution is 2.38. The van der Waals surface area contributed by atoms with Crippen LogP contribution in [-0.4, -0.2) is 12.3 Å². The molecule has 0 aliphatic heterocycles. The average molecular weight is 288 g/mol. The number of hydrogen-bond donors (Lipinski definition) is 1. The molecule has 0 unspecified atom stereocenters. The van der Waals surface area contributed by atoms with Crippen molar-refractivity contribution >= 4 is 5.88 Å². The molecule has 0 saturated carbocycles. The van der Waals surface area contributed by atoms with Crippen molar-refractivity contribution in [1.29, 1.82) is 0 Å². The van der Waals surface area contributed by atoms with Gasteiger partial charge in [-0.25, -0.2) is 0 Å². The molecule has 21 heavy (non-hydrogen) atoms. The molecule has 0 spiro atoms. The van der Waals surface area contributed by atoms with Crippen LogP contribution in [0.25, 0.3) is 11.1 Å². The summed E-state index contributed by atoms with van der Waals surface area (Å²) in [7, 11) is 1.66. The fourth-order valence-corrected chi connectivity index (χ4v) is 2.76. The number of benzene rings is 1. The Balaban J connectivity index is 2.40. The van der Waals surface area contributed by atoms with Gasteiger partial charge in [-0.15, -0.1) is 0 Å². The second-order valence-corrected chi connectivity index (χ2v) is 5.31. The van der Waals surface area contributed by atoms with Gasteiger partial charge < -0.3 is 15.0 Å². The number of hydrogen-bond acceptors (Lipinski definition) is 4. The molecule has 2 N–H and O–H groups in total. The quantitative estimate of drug-likeness (QED) is 0.807. The van der Waals surface area contributed by atoms with Crippen LogP contribution in [0.5, 0.6) is 5.75 Å². The van der Waals surface area contributed by atoms with E-state index < -0.39 is 0 Å². The van der Waals surface area contributed by atoms with E-state index in [2.05, 4.69) is 19.0 Å². The maximum Gasteiger partial charge on any atom is 0.230 e. The van der Waals surface area contributed by atoms with Crippen molar-refractivity contribution in [2.45, 2.75) is 45.4 Å². The number of methoxy groups -OCH3 is 1. The Kier molecular flexibility index (Phi) is 5.26. The van der Waals surface area contributed by atoms with E-state index in [1.807, 2.05) is 24.3 Å². The molecule has 0 fully saturated rings. The molecule has 1 aromatic heterocycles. The van der Waals surface area contributed by atoms with Gasteiger partial charge in [-0.1, -0.05) is 44.0 Å². The first-order valence-corrected chi connectivity index (χ1v) is 7.60. The van der Waals surface area contributed by atoms with Gasteiger partial charge in [-0.3, -0.25) is 0 Å². The fraction of sp³-hybridized carbons (Fsp3) is 0.471. The molecule has 0 atom stereocenters. The smallest absolute Gasteiger partial charge is 0.230 e. The number of nitrogens with two attached hydrogens (primary N) is 1. The van der Waals surface area contributed by atoms with Crippen LogP contribution in [0.4, 0.5) is 5.88 Å². The molecule has 4 nitrogen and oxygen atoms in total. The Hall–Kier alpha value is -1.97. The van der Waals surface area contributed by atoms with E-state index in [1.54, 1.807) is 7.11 Å². The van der Waals surface area contributed by atoms with Gasteiger partial charge in [-0.2, -0.15) is 0 Å². The summed E-state index contributed by atoms with van der Waals surface area (Å²) in [5.41, 5.74) is 8.97. The first kappa shape index (κ1) is 15.4. The zero-order valence-electron chi connectivity index (χ0n) is 13.1. The Bertz CT molecular complexity index is 555. The van der Waals surface area contributed by atoms with E-state index in [0.717, 1.165) is 48.3 Å². The standard InChI is InChI=1S/C17H24N2O2/c1-4-6-13(7-5-2)16-15(17(18)21-19-16)12-8-10-14(20-3)11-9-12/h8-11,13H,4-7,18H2,1-3H3. The maximum atomic E-state index is 6.01. The van der Waals surface area contributed by atoms with Crippen LogP contribution in [0, 0.1) is 0 Å². The number of ether oxygens (including phenoxy) is 1. The second-order valence-electron chi connectivity index (χ2n) is 5.31. The van der Waals surface area contributed by atoms with E-state index in [1.165, 1.54) is 0 Å². The summed E-state index contributed by atoms with van der Waals surface area (Å²) in [6, 6.07) is 7.86. The van der Waals surface area contributed by atoms with Crippen LogP contribution in [0.15, 0.2) is 28.8 Å². The van der Waals surface area contributed by atoms with Gasteiger partial charge in [0.25, 0.3) is 0 Å². The average Bonchev–Trinajstić information content (AvgIpc) is 2.89. The van der Waals surface area contributed by atoms with Crippen molar-refractivity contribution in [3.63, 3.8) is 0 Å². The first-order valence-electron chi connectivity index (χ1n) is 7.60. The predicted molar refractivity (Wildman–Crippen MR) is 85.5 cm³/mol. The van der Waals surface area contributed by atoms with Gasteiger partial charge >= 0.3 is 0 Å². The van der Waals surface area contributed by atoms with E-state index in [-0.39, 0.29) is 0 Å². The van der Waals surface area contributed by atoms with Crippen LogP contribution < -0.4 is 10.5 Å². The third-order valence-electron chi connectivity index (χ3n) is 3.78. The molecule has 0 radical (unpaired) electrons. The van der Waals surface area contributed by atoms with Crippen molar-refractivity contribution in [2.24, 2.45) is 0 Å². The molecule has 0 bridgehead atoms. The van der Waals surface area contributed by atoms with Crippen LogP contribution in [0.2, 0.25) is 0 Å². The minimum atomic E-state index is 0.396. The Labute approximate surface area is 126 Å². The van der Waals surface area contributed by atoms with Crippen molar-refractivity contribution < 1.29 is 9.26 Å². The van der Waals surface area contributed by atoms with Crippen LogP contribution in [0.3, 0.4) is 0 Å². The van der Waals surface area contributed by atoms with E-state index >= 15 is 0 Å². The van der Waals surface area contributed by atoms with Crippen molar-refractivity contribution in [2.75, 3.05) is 12.8 Å². The van der Waals surface area contributed by atoms with Crippen LogP contribution in [-0.2, 0) is 0 Å². The van der Waals surface area contributed by atoms with Gasteiger partial charge in [0.15, 0.2) is 0 Å². The lowest BCUT2D eigenvalue weighted by atomic mass is 9.90. The monoisotopic (exact) mass is 288 g/mol. The molecular formula is C17H24N2O2. The molecule has 2 aromatic rings. The van der Waals surface area contributed by atoms with Gasteiger partial charge in [0.2, 0.25) is 5.88 Å². The van der Waals surface area contributed by atoms with Crippen molar-refractivity contribution in [3.8, 4) is 16.9 Å². The largest absolute Gasteiger partial charge is 0.497 e. The first-order chi connectivity index (χ1) is 10.2. The zero-order valence-corrected chi connectivity index (χ0v) is 13.1. The highest BCUT2D eigenvalue weighted by Gasteiger charge is 2.22. The minimum absolute atomic E-state index is 0.396. The lowest BCUT2D eigenvalue weighted by molar-refractivity contribution is 0.411. The van der Waals surface area contributed by atoms with Crippen molar-refractivity contribution in [1.82, 2.24) is 5.16 Å². The highest BCUT2D eigenvalue weighted by molar-refractivity contribution is 5.75. The summed E-state index contributed by atoms with van der Waals surface area (Å²) >= 11 is 0. The Morgan fingerprint density at radius 1 is 1.14 bits per heavy atom. The molecule has 0 aliphatic carbocycles. The van der Waals surface area contributed by atoms with Gasteiger partial charge in [0.1, 0.15) is 5.75 Å². The molecule has 0 saturated heterocycles. The lowest BCUT2D eigenvalue weighted by Crippen LogP contribution is -2.01. The number of anilines is 1. The third-order valence-corrected chi connectivity index (χ3v) is 3.78. The Morgan fingerprint density at radius 2 is 1.76 bits per heavy atom. The Morgan fingerprint density at radius 3 is 2.29 bits per heavy atom. The highest BCUT2D eigenvalue weighted by atomic mass is 16.5. The summed E-state index contributed by atoms with van der Waals surface area (Å²) in [5, 5.41) is 4.24. The predicted octanol–water partition coefficient (Wildman–Crippen LogP) is 4.62. The summed E-state index contributed by atoms with van der Waals surface area (Å²) in [4.78, 5) is 0. The topological polar surface area (TPSA) is 61.3 Å². The molecule has 2 rings (SSSR count). The van der Waals surface area contributed by atoms with E-state index in [4.69, 9.17) is 15.0 Å². The number of nitrogens with zero attached hydrogens (tertiary/aromatic N) is 1. The van der Waals surface area contributed by atoms with Crippen molar-refractivity contribution in [3.05, 3.63) is 30.0 Å². The van der Waals surface area contributed by atoms with E-state index in [0.29, 0.717) is 11.8 Å². The van der Waals surface area contributed by atoms with Gasteiger partial charge in [-0.05, 0) is 30.5 Å². The van der Waals surface area contributed by atoms with Crippen LogP contribution in [0.1, 0.15) is 51.1 Å². The van der Waals surface area contributed by atoms with Crippen LogP contribution >= 0.6 is 0 Å². The zero-order chi connectivity index (χ0) is 15.2. The summed E-state index contributed by atoms with van der Waals surface area (Å²) in [6.07, 6.45) is 4.45. The second kappa shape index (κ2) is 7.16. The summed E-state index contributed by atoms with van der Waals surface area (Å²) in [5.74, 6) is 1.62. The van der Waals surface area contributed by atoms with E-state index in [9.17, 15) is 0 Å². The molecule has 114 valence electrons. The normalized spacial score (nSPS) is 11.0. The molecule has 1 aromatic carbocycles. The van der Waals surface area contributed by atoms with Gasteiger partial charge in [0, 0.05) is 5.92 Å². The molecule has 1 heterocycles. The lowest BCUT2D eigenvalue weighted by Gasteiger charge is -2.14. The number of nitrogen functional groups attached to an aromatic ring is 1. The molecule has 0 amide bonds. The SMILES string of the molecule is CCCC(CCC)c1noc(N)c1-c1ccc(OC)cc1. The molecule has 0 aliphatic rings. The number of rotatable bonds is 7. The minimum Gasteiger partial charge on any atom is -0.497 e.